The largest absolute Gasteiger partial charge is 0.457 e. The number of hydrogen-bond donors (Lipinski definition) is 2. The molecule has 3 aromatic heterocycles. The lowest BCUT2D eigenvalue weighted by molar-refractivity contribution is 0.483. The second kappa shape index (κ2) is 7.69. The highest BCUT2D eigenvalue weighted by Gasteiger charge is 2.17. The van der Waals surface area contributed by atoms with Crippen molar-refractivity contribution in [1.82, 2.24) is 19.6 Å². The summed E-state index contributed by atoms with van der Waals surface area (Å²) in [6.45, 7) is 2.01. The van der Waals surface area contributed by atoms with Crippen molar-refractivity contribution in [2.75, 3.05) is 5.32 Å². The number of nitriles is 1. The molecule has 0 saturated carbocycles. The molecular formula is C24H18N6O. The van der Waals surface area contributed by atoms with Gasteiger partial charge in [0.25, 0.3) is 0 Å². The summed E-state index contributed by atoms with van der Waals surface area (Å²) in [5, 5.41) is 17.5. The summed E-state index contributed by atoms with van der Waals surface area (Å²) in [5.74, 6) is 1.51. The first-order valence-corrected chi connectivity index (χ1v) is 9.73. The number of rotatable bonds is 5. The maximum Gasteiger partial charge on any atom is 0.127 e. The predicted octanol–water partition coefficient (Wildman–Crippen LogP) is 5.44. The van der Waals surface area contributed by atoms with E-state index < -0.39 is 0 Å². The van der Waals surface area contributed by atoms with Crippen LogP contribution in [-0.2, 0) is 0 Å². The van der Waals surface area contributed by atoms with Gasteiger partial charge in [-0.2, -0.15) is 10.4 Å². The van der Waals surface area contributed by atoms with E-state index in [1.54, 1.807) is 23.2 Å². The molecule has 0 aliphatic heterocycles. The molecule has 5 rings (SSSR count). The minimum absolute atomic E-state index is 0.467. The lowest BCUT2D eigenvalue weighted by atomic mass is 10.1. The van der Waals surface area contributed by atoms with Crippen LogP contribution in [0, 0.1) is 18.3 Å². The highest BCUT2D eigenvalue weighted by molar-refractivity contribution is 5.88. The van der Waals surface area contributed by atoms with Gasteiger partial charge in [0, 0.05) is 17.4 Å². The Hall–Kier alpha value is -4.57. The number of aromatic amines is 1. The van der Waals surface area contributed by atoms with E-state index in [2.05, 4.69) is 26.5 Å². The summed E-state index contributed by atoms with van der Waals surface area (Å²) in [7, 11) is 0. The molecule has 0 radical (unpaired) electrons. The number of nitrogens with one attached hydrogen (secondary N) is 2. The first kappa shape index (κ1) is 18.5. The molecule has 7 nitrogen and oxygen atoms in total. The number of hydrogen-bond acceptors (Lipinski definition) is 5. The standard InChI is InChI=1S/C24H18N6O/c1-16-21(22-13-26-15-27-22)14-30-24(16)23(17(11-25)12-28-30)29-18-7-9-20(10-8-18)31-19-5-3-2-4-6-19/h2-10,12-15,29H,1H3,(H,26,27). The van der Waals surface area contributed by atoms with Crippen LogP contribution in [0.25, 0.3) is 16.8 Å². The van der Waals surface area contributed by atoms with E-state index in [1.165, 1.54) is 0 Å². The van der Waals surface area contributed by atoms with Crippen LogP contribution in [0.4, 0.5) is 11.4 Å². The van der Waals surface area contributed by atoms with Gasteiger partial charge in [0.15, 0.2) is 0 Å². The van der Waals surface area contributed by atoms with Gasteiger partial charge in [-0.1, -0.05) is 18.2 Å². The molecule has 3 heterocycles. The maximum absolute atomic E-state index is 9.67. The molecule has 5 aromatic rings. The van der Waals surface area contributed by atoms with Crippen molar-refractivity contribution in [1.29, 1.82) is 5.26 Å². The van der Waals surface area contributed by atoms with Gasteiger partial charge in [0.1, 0.15) is 17.6 Å². The average Bonchev–Trinajstić information content (AvgIpc) is 3.44. The Balaban J connectivity index is 1.50. The smallest absolute Gasteiger partial charge is 0.127 e. The molecule has 0 unspecified atom stereocenters. The fraction of sp³-hybridized carbons (Fsp3) is 0.0417. The third-order valence-electron chi connectivity index (χ3n) is 5.07. The molecule has 7 heteroatoms. The topological polar surface area (TPSA) is 91.0 Å². The molecule has 2 aromatic carbocycles. The van der Waals surface area contributed by atoms with E-state index in [9.17, 15) is 5.26 Å². The molecule has 0 aliphatic rings. The number of anilines is 2. The third-order valence-corrected chi connectivity index (χ3v) is 5.07. The number of benzene rings is 2. The Kier molecular flexibility index (Phi) is 4.58. The summed E-state index contributed by atoms with van der Waals surface area (Å²) in [4.78, 5) is 7.23. The van der Waals surface area contributed by atoms with Crippen LogP contribution >= 0.6 is 0 Å². The van der Waals surface area contributed by atoms with Crippen molar-refractivity contribution >= 4 is 16.9 Å². The lowest BCUT2D eigenvalue weighted by Gasteiger charge is -2.12. The number of imidazole rings is 1. The summed E-state index contributed by atoms with van der Waals surface area (Å²) >= 11 is 0. The van der Waals surface area contributed by atoms with Gasteiger partial charge in [-0.3, -0.25) is 0 Å². The molecule has 2 N–H and O–H groups in total. The van der Waals surface area contributed by atoms with Crippen LogP contribution in [0.15, 0.2) is 79.5 Å². The Morgan fingerprint density at radius 2 is 1.81 bits per heavy atom. The first-order valence-electron chi connectivity index (χ1n) is 9.73. The van der Waals surface area contributed by atoms with E-state index in [0.29, 0.717) is 11.3 Å². The normalized spacial score (nSPS) is 10.7. The molecule has 0 spiro atoms. The zero-order valence-corrected chi connectivity index (χ0v) is 16.7. The molecule has 0 atom stereocenters. The van der Waals surface area contributed by atoms with Crippen molar-refractivity contribution in [3.05, 3.63) is 90.6 Å². The van der Waals surface area contributed by atoms with Crippen LogP contribution < -0.4 is 10.1 Å². The lowest BCUT2D eigenvalue weighted by Crippen LogP contribution is -2.00. The van der Waals surface area contributed by atoms with Crippen molar-refractivity contribution in [3.8, 4) is 28.8 Å². The number of fused-ring (bicyclic) bond motifs is 1. The van der Waals surface area contributed by atoms with Gasteiger partial charge >= 0.3 is 0 Å². The quantitative estimate of drug-likeness (QED) is 0.405. The molecule has 0 fully saturated rings. The Bertz CT molecular complexity index is 1380. The van der Waals surface area contributed by atoms with Gasteiger partial charge in [-0.25, -0.2) is 9.50 Å². The summed E-state index contributed by atoms with van der Waals surface area (Å²) in [6.07, 6.45) is 6.91. The molecule has 0 bridgehead atoms. The summed E-state index contributed by atoms with van der Waals surface area (Å²) in [5.41, 5.74) is 5.74. The van der Waals surface area contributed by atoms with Crippen molar-refractivity contribution in [3.63, 3.8) is 0 Å². The fourth-order valence-electron chi connectivity index (χ4n) is 3.55. The minimum atomic E-state index is 0.467. The van der Waals surface area contributed by atoms with Gasteiger partial charge in [-0.05, 0) is 48.9 Å². The predicted molar refractivity (Wildman–Crippen MR) is 118 cm³/mol. The number of aryl methyl sites for hydroxylation is 1. The Labute approximate surface area is 178 Å². The molecule has 0 aliphatic carbocycles. The monoisotopic (exact) mass is 406 g/mol. The summed E-state index contributed by atoms with van der Waals surface area (Å²) in [6, 6.07) is 19.5. The molecule has 0 amide bonds. The Morgan fingerprint density at radius 1 is 1.03 bits per heavy atom. The van der Waals surface area contributed by atoms with Crippen molar-refractivity contribution in [2.45, 2.75) is 6.92 Å². The highest BCUT2D eigenvalue weighted by Crippen LogP contribution is 2.34. The van der Waals surface area contributed by atoms with E-state index in [4.69, 9.17) is 4.74 Å². The zero-order chi connectivity index (χ0) is 21.2. The first-order chi connectivity index (χ1) is 15.2. The van der Waals surface area contributed by atoms with Crippen molar-refractivity contribution < 1.29 is 4.74 Å². The number of ether oxygens (including phenoxy) is 1. The number of para-hydroxylation sites is 1. The fourth-order valence-corrected chi connectivity index (χ4v) is 3.55. The van der Waals surface area contributed by atoms with Crippen LogP contribution in [0.3, 0.4) is 0 Å². The number of aromatic nitrogens is 4. The maximum atomic E-state index is 9.67. The Morgan fingerprint density at radius 3 is 2.52 bits per heavy atom. The van der Waals surface area contributed by atoms with Gasteiger partial charge in [0.2, 0.25) is 0 Å². The molecule has 0 saturated heterocycles. The van der Waals surface area contributed by atoms with Crippen LogP contribution in [0.2, 0.25) is 0 Å². The van der Waals surface area contributed by atoms with Crippen LogP contribution in [-0.4, -0.2) is 19.6 Å². The molecule has 31 heavy (non-hydrogen) atoms. The van der Waals surface area contributed by atoms with Gasteiger partial charge < -0.3 is 15.0 Å². The van der Waals surface area contributed by atoms with Crippen LogP contribution in [0.1, 0.15) is 11.1 Å². The van der Waals surface area contributed by atoms with Crippen LogP contribution in [0.5, 0.6) is 11.5 Å². The van der Waals surface area contributed by atoms with E-state index in [1.807, 2.05) is 67.7 Å². The second-order valence-corrected chi connectivity index (χ2v) is 7.04. The zero-order valence-electron chi connectivity index (χ0n) is 16.7. The van der Waals surface area contributed by atoms with Gasteiger partial charge in [0.05, 0.1) is 41.2 Å². The second-order valence-electron chi connectivity index (χ2n) is 7.04. The SMILES string of the molecule is Cc1c(-c2cnc[nH]2)cn2ncc(C#N)c(Nc3ccc(Oc4ccccc4)cc3)c12. The van der Waals surface area contributed by atoms with Gasteiger partial charge in [-0.15, -0.1) is 0 Å². The molecule has 150 valence electrons. The number of H-pyrrole nitrogens is 1. The number of nitrogens with zero attached hydrogens (tertiary/aromatic N) is 4. The average molecular weight is 406 g/mol. The van der Waals surface area contributed by atoms with E-state index >= 15 is 0 Å². The van der Waals surface area contributed by atoms with E-state index in [-0.39, 0.29) is 0 Å². The minimum Gasteiger partial charge on any atom is -0.457 e. The highest BCUT2D eigenvalue weighted by atomic mass is 16.5. The molecular weight excluding hydrogens is 388 g/mol. The van der Waals surface area contributed by atoms with Crippen molar-refractivity contribution in [2.24, 2.45) is 0 Å². The third kappa shape index (κ3) is 3.47. The van der Waals surface area contributed by atoms with E-state index in [0.717, 1.165) is 39.5 Å². The summed E-state index contributed by atoms with van der Waals surface area (Å²) < 4.78 is 7.64.